The Morgan fingerprint density at radius 2 is 1.62 bits per heavy atom. The van der Waals surface area contributed by atoms with E-state index in [4.69, 9.17) is 4.74 Å². The summed E-state index contributed by atoms with van der Waals surface area (Å²) >= 11 is 0. The average Bonchev–Trinajstić information content (AvgIpc) is 2.72. The number of amides is 2. The molecule has 2 aromatic carbocycles. The Labute approximate surface area is 173 Å². The molecule has 0 atom stereocenters. The molecule has 154 valence electrons. The minimum atomic E-state index is -0.233. The fourth-order valence-corrected chi connectivity index (χ4v) is 3.53. The highest BCUT2D eigenvalue weighted by molar-refractivity contribution is 5.96. The van der Waals surface area contributed by atoms with Gasteiger partial charge in [0.2, 0.25) is 0 Å². The van der Waals surface area contributed by atoms with Crippen LogP contribution < -0.4 is 10.1 Å². The van der Waals surface area contributed by atoms with Crippen molar-refractivity contribution >= 4 is 17.5 Å². The summed E-state index contributed by atoms with van der Waals surface area (Å²) in [6.07, 6.45) is 3.33. The molecule has 1 N–H and O–H groups in total. The molecule has 1 aliphatic rings. The van der Waals surface area contributed by atoms with Crippen molar-refractivity contribution in [1.29, 1.82) is 0 Å². The Kier molecular flexibility index (Phi) is 6.57. The van der Waals surface area contributed by atoms with Gasteiger partial charge in [0.15, 0.2) is 6.61 Å². The van der Waals surface area contributed by atoms with Crippen molar-refractivity contribution in [1.82, 2.24) is 4.90 Å². The molecule has 0 unspecified atom stereocenters. The lowest BCUT2D eigenvalue weighted by molar-refractivity contribution is -0.118. The number of rotatable bonds is 5. The van der Waals surface area contributed by atoms with Crippen LogP contribution in [0.5, 0.6) is 5.75 Å². The molecule has 0 aliphatic carbocycles. The van der Waals surface area contributed by atoms with Crippen LogP contribution in [0.15, 0.2) is 48.5 Å². The Bertz CT molecular complexity index is 847. The number of nitrogens with one attached hydrogen (secondary N) is 1. The predicted molar refractivity (Wildman–Crippen MR) is 115 cm³/mol. The average molecular weight is 395 g/mol. The number of nitrogens with zero attached hydrogens (tertiary/aromatic N) is 1. The molecule has 0 aromatic heterocycles. The number of benzene rings is 2. The second-order valence-electron chi connectivity index (χ2n) is 8.51. The quantitative estimate of drug-likeness (QED) is 0.804. The van der Waals surface area contributed by atoms with Gasteiger partial charge in [-0.1, -0.05) is 39.0 Å². The van der Waals surface area contributed by atoms with Crippen LogP contribution in [-0.2, 0) is 10.2 Å². The van der Waals surface area contributed by atoms with Gasteiger partial charge in [0.05, 0.1) is 0 Å². The topological polar surface area (TPSA) is 58.6 Å². The van der Waals surface area contributed by atoms with Gasteiger partial charge in [-0.15, -0.1) is 0 Å². The van der Waals surface area contributed by atoms with Crippen molar-refractivity contribution in [2.24, 2.45) is 0 Å². The molecule has 0 spiro atoms. The van der Waals surface area contributed by atoms with E-state index < -0.39 is 0 Å². The normalized spacial score (nSPS) is 14.4. The number of ether oxygens (including phenoxy) is 1. The zero-order chi connectivity index (χ0) is 20.9. The molecule has 0 bridgehead atoms. The molecule has 1 heterocycles. The predicted octanol–water partition coefficient (Wildman–Crippen LogP) is 4.63. The smallest absolute Gasteiger partial charge is 0.262 e. The number of hydrogen-bond donors (Lipinski definition) is 1. The maximum Gasteiger partial charge on any atom is 0.262 e. The molecule has 0 saturated carbocycles. The third-order valence-electron chi connectivity index (χ3n) is 5.11. The lowest BCUT2D eigenvalue weighted by atomic mass is 9.86. The highest BCUT2D eigenvalue weighted by Crippen LogP contribution is 2.30. The first-order valence-electron chi connectivity index (χ1n) is 10.3. The van der Waals surface area contributed by atoms with Crippen LogP contribution in [0.1, 0.15) is 56.0 Å². The number of hydrogen-bond acceptors (Lipinski definition) is 3. The highest BCUT2D eigenvalue weighted by Gasteiger charge is 2.20. The number of carbonyl (C=O) groups is 2. The molecule has 1 aliphatic heterocycles. The van der Waals surface area contributed by atoms with E-state index >= 15 is 0 Å². The zero-order valence-corrected chi connectivity index (χ0v) is 17.5. The molecule has 29 heavy (non-hydrogen) atoms. The summed E-state index contributed by atoms with van der Waals surface area (Å²) in [4.78, 5) is 26.7. The van der Waals surface area contributed by atoms with Gasteiger partial charge < -0.3 is 15.0 Å². The van der Waals surface area contributed by atoms with Gasteiger partial charge >= 0.3 is 0 Å². The van der Waals surface area contributed by atoms with Crippen molar-refractivity contribution in [3.8, 4) is 5.75 Å². The summed E-state index contributed by atoms with van der Waals surface area (Å²) in [5, 5.41) is 2.83. The second-order valence-corrected chi connectivity index (χ2v) is 8.51. The maximum atomic E-state index is 12.5. The van der Waals surface area contributed by atoms with Crippen LogP contribution in [-0.4, -0.2) is 36.4 Å². The van der Waals surface area contributed by atoms with E-state index in [2.05, 4.69) is 26.1 Å². The maximum absolute atomic E-state index is 12.5. The fourth-order valence-electron chi connectivity index (χ4n) is 3.53. The van der Waals surface area contributed by atoms with E-state index in [9.17, 15) is 9.59 Å². The van der Waals surface area contributed by atoms with Crippen molar-refractivity contribution in [2.75, 3.05) is 25.0 Å². The molecule has 1 saturated heterocycles. The third kappa shape index (κ3) is 5.59. The monoisotopic (exact) mass is 394 g/mol. The van der Waals surface area contributed by atoms with E-state index in [1.165, 1.54) is 6.42 Å². The number of likely N-dealkylation sites (tertiary alicyclic amines) is 1. The van der Waals surface area contributed by atoms with Gasteiger partial charge in [0.25, 0.3) is 11.8 Å². The second kappa shape index (κ2) is 9.12. The van der Waals surface area contributed by atoms with Crippen molar-refractivity contribution in [3.63, 3.8) is 0 Å². The standard InChI is InChI=1S/C24H30N2O3/c1-24(2,3)20-9-5-6-10-21(20)29-17-22(27)25-19-13-11-18(12-14-19)23(28)26-15-7-4-8-16-26/h5-6,9-14H,4,7-8,15-17H2,1-3H3,(H,25,27). The molecule has 1 fully saturated rings. The van der Waals surface area contributed by atoms with Crippen molar-refractivity contribution < 1.29 is 14.3 Å². The van der Waals surface area contributed by atoms with E-state index in [0.717, 1.165) is 37.2 Å². The fraction of sp³-hybridized carbons (Fsp3) is 0.417. The van der Waals surface area contributed by atoms with Crippen LogP contribution in [0.3, 0.4) is 0 Å². The van der Waals surface area contributed by atoms with E-state index in [1.54, 1.807) is 24.3 Å². The number of anilines is 1. The lowest BCUT2D eigenvalue weighted by Crippen LogP contribution is -2.35. The van der Waals surface area contributed by atoms with Crippen LogP contribution in [0.2, 0.25) is 0 Å². The van der Waals surface area contributed by atoms with Gasteiger partial charge in [-0.3, -0.25) is 9.59 Å². The summed E-state index contributed by atoms with van der Waals surface area (Å²) in [5.41, 5.74) is 2.30. The Morgan fingerprint density at radius 3 is 2.28 bits per heavy atom. The van der Waals surface area contributed by atoms with Gasteiger partial charge in [-0.05, 0) is 60.6 Å². The summed E-state index contributed by atoms with van der Waals surface area (Å²) in [6.45, 7) is 7.92. The summed E-state index contributed by atoms with van der Waals surface area (Å²) in [6, 6.07) is 14.8. The third-order valence-corrected chi connectivity index (χ3v) is 5.11. The molecule has 5 heteroatoms. The van der Waals surface area contributed by atoms with E-state index in [-0.39, 0.29) is 23.8 Å². The van der Waals surface area contributed by atoms with Crippen LogP contribution in [0, 0.1) is 0 Å². The van der Waals surface area contributed by atoms with Crippen molar-refractivity contribution in [3.05, 3.63) is 59.7 Å². The van der Waals surface area contributed by atoms with E-state index in [1.807, 2.05) is 29.2 Å². The molecule has 3 rings (SSSR count). The number of para-hydroxylation sites is 1. The highest BCUT2D eigenvalue weighted by atomic mass is 16.5. The zero-order valence-electron chi connectivity index (χ0n) is 17.5. The summed E-state index contributed by atoms with van der Waals surface area (Å²) in [7, 11) is 0. The Balaban J connectivity index is 1.55. The van der Waals surface area contributed by atoms with E-state index in [0.29, 0.717) is 11.3 Å². The van der Waals surface area contributed by atoms with Gasteiger partial charge in [0.1, 0.15) is 5.75 Å². The van der Waals surface area contributed by atoms with Crippen molar-refractivity contribution in [2.45, 2.75) is 45.4 Å². The van der Waals surface area contributed by atoms with Gasteiger partial charge in [-0.2, -0.15) is 0 Å². The molecule has 0 radical (unpaired) electrons. The molecular formula is C24H30N2O3. The Morgan fingerprint density at radius 1 is 0.966 bits per heavy atom. The molecular weight excluding hydrogens is 364 g/mol. The van der Waals surface area contributed by atoms with Gasteiger partial charge in [-0.25, -0.2) is 0 Å². The minimum absolute atomic E-state index is 0.0599. The summed E-state index contributed by atoms with van der Waals surface area (Å²) < 4.78 is 5.77. The number of piperidine rings is 1. The van der Waals surface area contributed by atoms with Crippen LogP contribution in [0.25, 0.3) is 0 Å². The van der Waals surface area contributed by atoms with Crippen LogP contribution >= 0.6 is 0 Å². The lowest BCUT2D eigenvalue weighted by Gasteiger charge is -2.26. The molecule has 2 amide bonds. The molecule has 2 aromatic rings. The summed E-state index contributed by atoms with van der Waals surface area (Å²) in [5.74, 6) is 0.547. The minimum Gasteiger partial charge on any atom is -0.483 e. The SMILES string of the molecule is CC(C)(C)c1ccccc1OCC(=O)Nc1ccc(C(=O)N2CCCCC2)cc1. The first kappa shape index (κ1) is 20.9. The number of carbonyl (C=O) groups excluding carboxylic acids is 2. The first-order chi connectivity index (χ1) is 13.8. The largest absolute Gasteiger partial charge is 0.483 e. The van der Waals surface area contributed by atoms with Crippen LogP contribution in [0.4, 0.5) is 5.69 Å². The first-order valence-corrected chi connectivity index (χ1v) is 10.3. The Hall–Kier alpha value is -2.82. The molecule has 5 nitrogen and oxygen atoms in total. The van der Waals surface area contributed by atoms with Gasteiger partial charge in [0, 0.05) is 24.3 Å².